The third-order valence-electron chi connectivity index (χ3n) is 5.26. The zero-order valence-corrected chi connectivity index (χ0v) is 19.2. The Labute approximate surface area is 193 Å². The number of hydrogen-bond donors (Lipinski definition) is 3. The summed E-state index contributed by atoms with van der Waals surface area (Å²) in [6.07, 6.45) is 0. The first-order valence-electron chi connectivity index (χ1n) is 8.58. The van der Waals surface area contributed by atoms with E-state index in [-0.39, 0.29) is 36.5 Å². The van der Waals surface area contributed by atoms with Crippen LogP contribution in [-0.4, -0.2) is 39.9 Å². The molecule has 3 N–H and O–H groups in total. The van der Waals surface area contributed by atoms with Crippen LogP contribution >= 0.6 is 0 Å². The third-order valence-corrected chi connectivity index (χ3v) is 6.89. The SMILES string of the molecule is CC(c1ccccc1)C(C(=O)O)C(C(=O)O)(C(C)c1ccccc1)S(=O)(=O)O.[H-].[Na+]. The Balaban J connectivity index is 0.00000420. The van der Waals surface area contributed by atoms with Crippen LogP contribution in [0, 0.1) is 5.92 Å². The van der Waals surface area contributed by atoms with E-state index in [1.807, 2.05) is 0 Å². The predicted octanol–water partition coefficient (Wildman–Crippen LogP) is 0.122. The molecule has 0 radical (unpaired) electrons. The van der Waals surface area contributed by atoms with Gasteiger partial charge in [0, 0.05) is 5.92 Å². The van der Waals surface area contributed by atoms with Crippen molar-refractivity contribution >= 4 is 22.1 Å². The van der Waals surface area contributed by atoms with Gasteiger partial charge in [-0.1, -0.05) is 74.5 Å². The van der Waals surface area contributed by atoms with Crippen LogP contribution in [0.15, 0.2) is 60.7 Å². The van der Waals surface area contributed by atoms with Crippen molar-refractivity contribution < 1.29 is 63.8 Å². The van der Waals surface area contributed by atoms with E-state index in [1.54, 1.807) is 48.5 Å². The maximum atomic E-state index is 12.5. The van der Waals surface area contributed by atoms with Gasteiger partial charge in [-0.15, -0.1) is 0 Å². The Morgan fingerprint density at radius 1 is 0.897 bits per heavy atom. The van der Waals surface area contributed by atoms with Gasteiger partial charge in [0.2, 0.25) is 4.75 Å². The molecule has 4 unspecified atom stereocenters. The zero-order chi connectivity index (χ0) is 21.1. The van der Waals surface area contributed by atoms with Crippen molar-refractivity contribution in [1.82, 2.24) is 0 Å². The van der Waals surface area contributed by atoms with Crippen molar-refractivity contribution in [3.05, 3.63) is 71.8 Å². The molecule has 0 amide bonds. The fourth-order valence-electron chi connectivity index (χ4n) is 3.79. The van der Waals surface area contributed by atoms with Crippen LogP contribution < -0.4 is 29.6 Å². The molecule has 2 aromatic rings. The van der Waals surface area contributed by atoms with Gasteiger partial charge in [0.15, 0.2) is 0 Å². The van der Waals surface area contributed by atoms with E-state index in [2.05, 4.69) is 0 Å². The maximum Gasteiger partial charge on any atom is 1.00 e. The van der Waals surface area contributed by atoms with E-state index in [0.29, 0.717) is 5.56 Å². The van der Waals surface area contributed by atoms with E-state index in [0.717, 1.165) is 0 Å². The van der Waals surface area contributed by atoms with Crippen molar-refractivity contribution in [1.29, 1.82) is 0 Å². The zero-order valence-electron chi connectivity index (χ0n) is 17.4. The molecular formula is C20H23NaO7S. The van der Waals surface area contributed by atoms with Gasteiger partial charge in [-0.2, -0.15) is 8.42 Å². The van der Waals surface area contributed by atoms with Crippen molar-refractivity contribution in [2.75, 3.05) is 0 Å². The molecule has 4 atom stereocenters. The Hall–Kier alpha value is -1.71. The summed E-state index contributed by atoms with van der Waals surface area (Å²) < 4.78 is 32.1. The average molecular weight is 430 g/mol. The minimum Gasteiger partial charge on any atom is -1.00 e. The summed E-state index contributed by atoms with van der Waals surface area (Å²) in [5, 5.41) is 19.9. The second kappa shape index (κ2) is 9.86. The molecule has 2 aromatic carbocycles. The molecule has 2 rings (SSSR count). The van der Waals surface area contributed by atoms with Crippen molar-refractivity contribution in [2.24, 2.45) is 5.92 Å². The molecule has 0 aromatic heterocycles. The smallest absolute Gasteiger partial charge is 1.00 e. The van der Waals surface area contributed by atoms with Crippen LogP contribution in [0.4, 0.5) is 0 Å². The number of benzene rings is 2. The Bertz CT molecular complexity index is 954. The molecule has 0 heterocycles. The first-order valence-corrected chi connectivity index (χ1v) is 10.0. The molecule has 0 aliphatic carbocycles. The summed E-state index contributed by atoms with van der Waals surface area (Å²) in [6, 6.07) is 16.0. The molecule has 0 aliphatic rings. The van der Waals surface area contributed by atoms with Crippen LogP contribution in [0.1, 0.15) is 38.2 Å². The quantitative estimate of drug-likeness (QED) is 0.401. The average Bonchev–Trinajstić information content (AvgIpc) is 2.64. The van der Waals surface area contributed by atoms with Gasteiger partial charge in [0.25, 0.3) is 10.1 Å². The largest absolute Gasteiger partial charge is 1.00 e. The summed E-state index contributed by atoms with van der Waals surface area (Å²) in [6.45, 7) is 2.74. The molecule has 29 heavy (non-hydrogen) atoms. The number of carbonyl (C=O) groups is 2. The van der Waals surface area contributed by atoms with E-state index < -0.39 is 44.6 Å². The topological polar surface area (TPSA) is 129 Å². The Kier molecular flexibility index (Phi) is 8.61. The normalized spacial score (nSPS) is 16.5. The van der Waals surface area contributed by atoms with E-state index in [4.69, 9.17) is 0 Å². The number of aliphatic carboxylic acids is 2. The van der Waals surface area contributed by atoms with Gasteiger partial charge < -0.3 is 11.6 Å². The maximum absolute atomic E-state index is 12.5. The van der Waals surface area contributed by atoms with Crippen LogP contribution in [0.3, 0.4) is 0 Å². The molecule has 0 saturated carbocycles. The van der Waals surface area contributed by atoms with Gasteiger partial charge in [0.1, 0.15) is 0 Å². The second-order valence-corrected chi connectivity index (χ2v) is 8.35. The second-order valence-electron chi connectivity index (χ2n) is 6.72. The van der Waals surface area contributed by atoms with Crippen molar-refractivity contribution in [3.63, 3.8) is 0 Å². The molecule has 0 aliphatic heterocycles. The van der Waals surface area contributed by atoms with Gasteiger partial charge >= 0.3 is 41.5 Å². The Morgan fingerprint density at radius 3 is 1.66 bits per heavy atom. The molecule has 9 heteroatoms. The van der Waals surface area contributed by atoms with Crippen LogP contribution in [0.25, 0.3) is 0 Å². The number of hydrogen-bond acceptors (Lipinski definition) is 4. The molecule has 0 spiro atoms. The number of carboxylic acid groups (broad SMARTS) is 2. The third kappa shape index (κ3) is 4.73. The number of rotatable bonds is 8. The van der Waals surface area contributed by atoms with Crippen LogP contribution in [0.2, 0.25) is 0 Å². The molecule has 0 bridgehead atoms. The van der Waals surface area contributed by atoms with Crippen LogP contribution in [-0.2, 0) is 19.7 Å². The Morgan fingerprint density at radius 2 is 1.31 bits per heavy atom. The standard InChI is InChI=1S/C20H22O7S.Na.H/c1-13(15-9-5-3-6-10-15)17(18(21)22)20(19(23)24,28(25,26)27)14(2)16-11-7-4-8-12-16;;/h3-14,17H,1-2H3,(H,21,22)(H,23,24)(H,25,26,27);;/q;+1;-1. The monoisotopic (exact) mass is 430 g/mol. The van der Waals surface area contributed by atoms with Crippen molar-refractivity contribution in [2.45, 2.75) is 30.4 Å². The van der Waals surface area contributed by atoms with Crippen molar-refractivity contribution in [3.8, 4) is 0 Å². The summed E-state index contributed by atoms with van der Waals surface area (Å²) in [5.41, 5.74) is 0.735. The molecule has 0 saturated heterocycles. The molecular weight excluding hydrogens is 407 g/mol. The fraction of sp³-hybridized carbons (Fsp3) is 0.300. The van der Waals surface area contributed by atoms with Gasteiger partial charge in [-0.05, 0) is 17.0 Å². The summed E-state index contributed by atoms with van der Waals surface area (Å²) >= 11 is 0. The molecule has 7 nitrogen and oxygen atoms in total. The molecule has 152 valence electrons. The van der Waals surface area contributed by atoms with E-state index in [1.165, 1.54) is 26.0 Å². The van der Waals surface area contributed by atoms with E-state index in [9.17, 15) is 32.8 Å². The predicted molar refractivity (Wildman–Crippen MR) is 104 cm³/mol. The summed E-state index contributed by atoms with van der Waals surface area (Å²) in [7, 11) is -5.35. The van der Waals surface area contributed by atoms with Gasteiger partial charge in [0.05, 0.1) is 5.92 Å². The van der Waals surface area contributed by atoms with Gasteiger partial charge in [-0.3, -0.25) is 14.1 Å². The van der Waals surface area contributed by atoms with Crippen LogP contribution in [0.5, 0.6) is 0 Å². The number of carboxylic acids is 2. The first-order chi connectivity index (χ1) is 13.0. The fourth-order valence-corrected chi connectivity index (χ4v) is 5.22. The minimum absolute atomic E-state index is 0. The summed E-state index contributed by atoms with van der Waals surface area (Å²) in [4.78, 5) is 24.6. The van der Waals surface area contributed by atoms with Gasteiger partial charge in [-0.25, -0.2) is 0 Å². The molecule has 0 fully saturated rings. The first kappa shape index (κ1) is 25.3. The summed E-state index contributed by atoms with van der Waals surface area (Å²) in [5.74, 6) is -7.84. The minimum atomic E-state index is -5.35. The van der Waals surface area contributed by atoms with E-state index >= 15 is 0 Å².